The molecule has 0 aromatic heterocycles. The lowest BCUT2D eigenvalue weighted by molar-refractivity contribution is 0.00244. The molecule has 96 valence electrons. The molecule has 1 aliphatic carbocycles. The molecule has 0 radical (unpaired) electrons. The van der Waals surface area contributed by atoms with Gasteiger partial charge in [0.25, 0.3) is 0 Å². The highest BCUT2D eigenvalue weighted by molar-refractivity contribution is 4.85. The van der Waals surface area contributed by atoms with E-state index in [2.05, 4.69) is 25.8 Å². The second-order valence-electron chi connectivity index (χ2n) is 5.66. The first-order valence-corrected chi connectivity index (χ1v) is 6.51. The van der Waals surface area contributed by atoms with Crippen molar-refractivity contribution in [2.75, 3.05) is 20.2 Å². The number of likely N-dealkylation sites (N-methyl/N-ethyl adjacent to an activating group) is 1. The number of hydrogen-bond donors (Lipinski definition) is 2. The molecule has 0 amide bonds. The van der Waals surface area contributed by atoms with Crippen LogP contribution in [-0.4, -0.2) is 47.5 Å². The quantitative estimate of drug-likeness (QED) is 0.753. The summed E-state index contributed by atoms with van der Waals surface area (Å²) >= 11 is 0. The average Bonchev–Trinajstić information content (AvgIpc) is 2.29. The summed E-state index contributed by atoms with van der Waals surface area (Å²) in [5, 5.41) is 19.4. The first-order valence-electron chi connectivity index (χ1n) is 6.51. The van der Waals surface area contributed by atoms with Crippen LogP contribution in [0.15, 0.2) is 0 Å². The van der Waals surface area contributed by atoms with Crippen LogP contribution in [0, 0.1) is 5.41 Å². The fraction of sp³-hybridized carbons (Fsp3) is 1.00. The number of aliphatic hydroxyl groups is 2. The van der Waals surface area contributed by atoms with E-state index in [-0.39, 0.29) is 24.2 Å². The van der Waals surface area contributed by atoms with Gasteiger partial charge in [0, 0.05) is 24.6 Å². The Labute approximate surface area is 99.5 Å². The van der Waals surface area contributed by atoms with Crippen molar-refractivity contribution in [1.29, 1.82) is 0 Å². The van der Waals surface area contributed by atoms with E-state index in [1.807, 2.05) is 0 Å². The highest BCUT2D eigenvalue weighted by Crippen LogP contribution is 2.27. The smallest absolute Gasteiger partial charge is 0.0695 e. The van der Waals surface area contributed by atoms with Crippen molar-refractivity contribution in [1.82, 2.24) is 4.90 Å². The maximum Gasteiger partial charge on any atom is 0.0695 e. The van der Waals surface area contributed by atoms with Crippen LogP contribution in [0.5, 0.6) is 0 Å². The van der Waals surface area contributed by atoms with Gasteiger partial charge in [-0.3, -0.25) is 0 Å². The molecule has 0 spiro atoms. The van der Waals surface area contributed by atoms with Crippen LogP contribution in [0.3, 0.4) is 0 Å². The lowest BCUT2D eigenvalue weighted by Crippen LogP contribution is -2.48. The van der Waals surface area contributed by atoms with E-state index in [1.165, 1.54) is 6.42 Å². The molecule has 3 nitrogen and oxygen atoms in total. The summed E-state index contributed by atoms with van der Waals surface area (Å²) in [6, 6.07) is 0.283. The Morgan fingerprint density at radius 3 is 2.44 bits per heavy atom. The van der Waals surface area contributed by atoms with Gasteiger partial charge in [-0.15, -0.1) is 0 Å². The molecular weight excluding hydrogens is 202 g/mol. The Bertz CT molecular complexity index is 204. The van der Waals surface area contributed by atoms with E-state index in [4.69, 9.17) is 0 Å². The van der Waals surface area contributed by atoms with E-state index >= 15 is 0 Å². The summed E-state index contributed by atoms with van der Waals surface area (Å²) in [4.78, 5) is 2.24. The zero-order chi connectivity index (χ0) is 12.2. The Hall–Kier alpha value is -0.120. The third-order valence-corrected chi connectivity index (χ3v) is 4.13. The third-order valence-electron chi connectivity index (χ3n) is 4.13. The van der Waals surface area contributed by atoms with E-state index in [1.54, 1.807) is 0 Å². The molecule has 0 aliphatic heterocycles. The number of aliphatic hydroxyl groups excluding tert-OH is 2. The highest BCUT2D eigenvalue weighted by atomic mass is 16.3. The predicted molar refractivity (Wildman–Crippen MR) is 66.4 cm³/mol. The molecular formula is C13H27NO2. The molecule has 16 heavy (non-hydrogen) atoms. The Kier molecular flexibility index (Phi) is 5.22. The molecule has 0 bridgehead atoms. The van der Waals surface area contributed by atoms with Crippen LogP contribution in [0.1, 0.15) is 46.0 Å². The van der Waals surface area contributed by atoms with Gasteiger partial charge in [0.1, 0.15) is 0 Å². The summed E-state index contributed by atoms with van der Waals surface area (Å²) in [6.45, 7) is 5.30. The van der Waals surface area contributed by atoms with Gasteiger partial charge >= 0.3 is 0 Å². The molecule has 0 aromatic rings. The first-order chi connectivity index (χ1) is 7.52. The minimum Gasteiger partial charge on any atom is -0.396 e. The Balaban J connectivity index is 2.52. The van der Waals surface area contributed by atoms with Crippen molar-refractivity contribution >= 4 is 0 Å². The van der Waals surface area contributed by atoms with Crippen molar-refractivity contribution in [3.63, 3.8) is 0 Å². The van der Waals surface area contributed by atoms with E-state index in [0.29, 0.717) is 0 Å². The third kappa shape index (κ3) is 3.44. The standard InChI is InChI=1S/C13H27NO2/c1-4-13(2,10-15)9-14(3)11-7-5-6-8-12(11)16/h11-12,15-16H,4-10H2,1-3H3. The van der Waals surface area contributed by atoms with Crippen molar-refractivity contribution < 1.29 is 10.2 Å². The maximum absolute atomic E-state index is 9.98. The summed E-state index contributed by atoms with van der Waals surface area (Å²) < 4.78 is 0. The van der Waals surface area contributed by atoms with Crippen molar-refractivity contribution in [2.24, 2.45) is 5.41 Å². The first kappa shape index (κ1) is 13.9. The lowest BCUT2D eigenvalue weighted by atomic mass is 9.85. The largest absolute Gasteiger partial charge is 0.396 e. The van der Waals surface area contributed by atoms with Gasteiger partial charge in [0.2, 0.25) is 0 Å². The van der Waals surface area contributed by atoms with Crippen LogP contribution in [0.2, 0.25) is 0 Å². The highest BCUT2D eigenvalue weighted by Gasteiger charge is 2.31. The van der Waals surface area contributed by atoms with Crippen LogP contribution < -0.4 is 0 Å². The molecule has 0 aromatic carbocycles. The molecule has 1 fully saturated rings. The van der Waals surface area contributed by atoms with Crippen molar-refractivity contribution in [3.05, 3.63) is 0 Å². The maximum atomic E-state index is 9.98. The summed E-state index contributed by atoms with van der Waals surface area (Å²) in [5.41, 5.74) is -0.0358. The lowest BCUT2D eigenvalue weighted by Gasteiger charge is -2.39. The molecule has 1 aliphatic rings. The van der Waals surface area contributed by atoms with Crippen molar-refractivity contribution in [2.45, 2.75) is 58.1 Å². The number of rotatable bonds is 5. The summed E-state index contributed by atoms with van der Waals surface area (Å²) in [6.07, 6.45) is 5.17. The van der Waals surface area contributed by atoms with Crippen LogP contribution in [-0.2, 0) is 0 Å². The Morgan fingerprint density at radius 2 is 1.94 bits per heavy atom. The second kappa shape index (κ2) is 5.99. The average molecular weight is 229 g/mol. The van der Waals surface area contributed by atoms with Crippen LogP contribution >= 0.6 is 0 Å². The minimum atomic E-state index is -0.182. The number of hydrogen-bond acceptors (Lipinski definition) is 3. The van der Waals surface area contributed by atoms with Gasteiger partial charge in [-0.1, -0.05) is 26.7 Å². The zero-order valence-corrected chi connectivity index (χ0v) is 10.9. The molecule has 3 unspecified atom stereocenters. The molecule has 0 heterocycles. The summed E-state index contributed by atoms with van der Waals surface area (Å²) in [5.74, 6) is 0. The molecule has 3 heteroatoms. The Morgan fingerprint density at radius 1 is 1.31 bits per heavy atom. The van der Waals surface area contributed by atoms with Gasteiger partial charge in [-0.2, -0.15) is 0 Å². The predicted octanol–water partition coefficient (Wildman–Crippen LogP) is 1.63. The van der Waals surface area contributed by atoms with Gasteiger partial charge < -0.3 is 15.1 Å². The zero-order valence-electron chi connectivity index (χ0n) is 10.9. The molecule has 1 saturated carbocycles. The van der Waals surface area contributed by atoms with Gasteiger partial charge in [0.05, 0.1) is 6.10 Å². The molecule has 3 atom stereocenters. The van der Waals surface area contributed by atoms with E-state index in [9.17, 15) is 10.2 Å². The van der Waals surface area contributed by atoms with Gasteiger partial charge in [-0.05, 0) is 26.3 Å². The SMILES string of the molecule is CCC(C)(CO)CN(C)C1CCCCC1O. The van der Waals surface area contributed by atoms with Crippen molar-refractivity contribution in [3.8, 4) is 0 Å². The minimum absolute atomic E-state index is 0.0358. The topological polar surface area (TPSA) is 43.7 Å². The fourth-order valence-corrected chi connectivity index (χ4v) is 2.60. The molecule has 1 rings (SSSR count). The number of nitrogens with zero attached hydrogens (tertiary/aromatic N) is 1. The monoisotopic (exact) mass is 229 g/mol. The normalized spacial score (nSPS) is 30.4. The second-order valence-corrected chi connectivity index (χ2v) is 5.66. The fourth-order valence-electron chi connectivity index (χ4n) is 2.60. The summed E-state index contributed by atoms with van der Waals surface area (Å²) in [7, 11) is 2.07. The van der Waals surface area contributed by atoms with Crippen LogP contribution in [0.25, 0.3) is 0 Å². The van der Waals surface area contributed by atoms with E-state index < -0.39 is 0 Å². The van der Waals surface area contributed by atoms with E-state index in [0.717, 1.165) is 32.2 Å². The molecule has 0 saturated heterocycles. The van der Waals surface area contributed by atoms with Gasteiger partial charge in [0.15, 0.2) is 0 Å². The molecule has 2 N–H and O–H groups in total. The van der Waals surface area contributed by atoms with Crippen LogP contribution in [0.4, 0.5) is 0 Å². The van der Waals surface area contributed by atoms with Gasteiger partial charge in [-0.25, -0.2) is 0 Å².